The fourth-order valence-electron chi connectivity index (χ4n) is 1.91. The summed E-state index contributed by atoms with van der Waals surface area (Å²) in [4.78, 5) is 23.4. The summed E-state index contributed by atoms with van der Waals surface area (Å²) in [5, 5.41) is 0. The van der Waals surface area contributed by atoms with Crippen LogP contribution in [0.3, 0.4) is 0 Å². The molecule has 0 fully saturated rings. The van der Waals surface area contributed by atoms with Crippen molar-refractivity contribution in [3.05, 3.63) is 23.3 Å². The van der Waals surface area contributed by atoms with Crippen molar-refractivity contribution in [2.24, 2.45) is 0 Å². The lowest BCUT2D eigenvalue weighted by molar-refractivity contribution is -0.115. The second-order valence-electron chi connectivity index (χ2n) is 4.23. The molecule has 1 aliphatic rings. The summed E-state index contributed by atoms with van der Waals surface area (Å²) in [5.41, 5.74) is 1.53. The van der Waals surface area contributed by atoms with Crippen LogP contribution >= 0.6 is 0 Å². The van der Waals surface area contributed by atoms with Gasteiger partial charge in [-0.2, -0.15) is 0 Å². The monoisotopic (exact) mass is 220 g/mol. The van der Waals surface area contributed by atoms with Crippen molar-refractivity contribution in [1.29, 1.82) is 0 Å². The highest BCUT2D eigenvalue weighted by molar-refractivity contribution is 6.20. The zero-order valence-corrected chi connectivity index (χ0v) is 10.2. The highest BCUT2D eigenvalue weighted by Crippen LogP contribution is 2.23. The Morgan fingerprint density at radius 3 is 1.50 bits per heavy atom. The number of hydrogen-bond acceptors (Lipinski definition) is 2. The van der Waals surface area contributed by atoms with E-state index in [9.17, 15) is 9.59 Å². The van der Waals surface area contributed by atoms with Gasteiger partial charge in [0.15, 0.2) is 11.6 Å². The molecule has 0 spiro atoms. The van der Waals surface area contributed by atoms with Crippen LogP contribution in [0, 0.1) is 0 Å². The molecular weight excluding hydrogens is 200 g/mol. The Kier molecular flexibility index (Phi) is 5.17. The van der Waals surface area contributed by atoms with E-state index in [-0.39, 0.29) is 11.6 Å². The summed E-state index contributed by atoms with van der Waals surface area (Å²) < 4.78 is 0. The van der Waals surface area contributed by atoms with E-state index in [1.165, 1.54) is 12.2 Å². The summed E-state index contributed by atoms with van der Waals surface area (Å²) >= 11 is 0. The van der Waals surface area contributed by atoms with E-state index >= 15 is 0 Å². The van der Waals surface area contributed by atoms with Crippen molar-refractivity contribution < 1.29 is 9.59 Å². The van der Waals surface area contributed by atoms with Crippen molar-refractivity contribution in [3.8, 4) is 0 Å². The van der Waals surface area contributed by atoms with E-state index in [0.29, 0.717) is 0 Å². The first-order valence-corrected chi connectivity index (χ1v) is 6.19. The summed E-state index contributed by atoms with van der Waals surface area (Å²) in [5.74, 6) is 0.0818. The van der Waals surface area contributed by atoms with E-state index in [1.807, 2.05) is 0 Å². The van der Waals surface area contributed by atoms with Gasteiger partial charge in [-0.05, 0) is 37.8 Å². The Balaban J connectivity index is 2.86. The number of rotatable bonds is 6. The van der Waals surface area contributed by atoms with Crippen LogP contribution in [0.25, 0.3) is 0 Å². The molecule has 0 aromatic heterocycles. The minimum atomic E-state index is 0.0409. The molecule has 0 radical (unpaired) electrons. The van der Waals surface area contributed by atoms with E-state index in [1.54, 1.807) is 0 Å². The van der Waals surface area contributed by atoms with Gasteiger partial charge in [0.05, 0.1) is 0 Å². The third-order valence-electron chi connectivity index (χ3n) is 2.91. The quantitative estimate of drug-likeness (QED) is 0.643. The van der Waals surface area contributed by atoms with Crippen LogP contribution in [0.1, 0.15) is 52.4 Å². The largest absolute Gasteiger partial charge is 0.290 e. The Bertz CT molecular complexity index is 303. The summed E-state index contributed by atoms with van der Waals surface area (Å²) in [6, 6.07) is 0. The highest BCUT2D eigenvalue weighted by atomic mass is 16.1. The second kappa shape index (κ2) is 6.41. The van der Waals surface area contributed by atoms with Gasteiger partial charge in [-0.15, -0.1) is 0 Å². The lowest BCUT2D eigenvalue weighted by Gasteiger charge is -2.14. The lowest BCUT2D eigenvalue weighted by atomic mass is 9.88. The van der Waals surface area contributed by atoms with Gasteiger partial charge in [0.2, 0.25) is 0 Å². The van der Waals surface area contributed by atoms with Gasteiger partial charge in [-0.25, -0.2) is 0 Å². The second-order valence-corrected chi connectivity index (χ2v) is 4.23. The van der Waals surface area contributed by atoms with Crippen molar-refractivity contribution in [3.63, 3.8) is 0 Å². The predicted octanol–water partition coefficient (Wildman–Crippen LogP) is 3.37. The van der Waals surface area contributed by atoms with Crippen LogP contribution in [-0.2, 0) is 9.59 Å². The van der Waals surface area contributed by atoms with Gasteiger partial charge < -0.3 is 0 Å². The number of allylic oxidation sites excluding steroid dienone is 4. The molecule has 1 rings (SSSR count). The first kappa shape index (κ1) is 12.9. The molecular formula is C14H20O2. The number of ketones is 2. The molecule has 16 heavy (non-hydrogen) atoms. The van der Waals surface area contributed by atoms with Gasteiger partial charge in [-0.1, -0.05) is 26.7 Å². The number of carbonyl (C=O) groups is 2. The third-order valence-corrected chi connectivity index (χ3v) is 2.91. The highest BCUT2D eigenvalue weighted by Gasteiger charge is 2.21. The molecule has 0 aromatic carbocycles. The van der Waals surface area contributed by atoms with E-state index in [2.05, 4.69) is 13.8 Å². The van der Waals surface area contributed by atoms with Crippen molar-refractivity contribution >= 4 is 11.6 Å². The van der Waals surface area contributed by atoms with Crippen LogP contribution in [0.15, 0.2) is 23.3 Å². The maximum Gasteiger partial charge on any atom is 0.182 e. The molecule has 0 N–H and O–H groups in total. The summed E-state index contributed by atoms with van der Waals surface area (Å²) in [7, 11) is 0. The van der Waals surface area contributed by atoms with Crippen LogP contribution in [-0.4, -0.2) is 11.6 Å². The van der Waals surface area contributed by atoms with Crippen molar-refractivity contribution in [2.75, 3.05) is 0 Å². The van der Waals surface area contributed by atoms with Crippen LogP contribution in [0.4, 0.5) is 0 Å². The van der Waals surface area contributed by atoms with Crippen molar-refractivity contribution in [2.45, 2.75) is 52.4 Å². The maximum atomic E-state index is 11.7. The predicted molar refractivity (Wildman–Crippen MR) is 65.2 cm³/mol. The molecule has 0 saturated carbocycles. The van der Waals surface area contributed by atoms with Gasteiger partial charge in [0, 0.05) is 11.1 Å². The van der Waals surface area contributed by atoms with E-state index in [0.717, 1.165) is 49.7 Å². The number of carbonyl (C=O) groups excluding carboxylic acids is 2. The van der Waals surface area contributed by atoms with Crippen molar-refractivity contribution in [1.82, 2.24) is 0 Å². The van der Waals surface area contributed by atoms with Crippen LogP contribution in [0.2, 0.25) is 0 Å². The molecule has 0 aromatic rings. The van der Waals surface area contributed by atoms with Gasteiger partial charge in [0.1, 0.15) is 0 Å². The minimum absolute atomic E-state index is 0.0409. The smallest absolute Gasteiger partial charge is 0.182 e. The molecule has 1 aliphatic carbocycles. The fourth-order valence-corrected chi connectivity index (χ4v) is 1.91. The first-order valence-electron chi connectivity index (χ1n) is 6.19. The molecule has 0 aliphatic heterocycles. The van der Waals surface area contributed by atoms with E-state index < -0.39 is 0 Å². The third kappa shape index (κ3) is 3.16. The Labute approximate surface area is 97.4 Å². The average Bonchev–Trinajstić information content (AvgIpc) is 2.29. The molecule has 0 unspecified atom stereocenters. The lowest BCUT2D eigenvalue weighted by Crippen LogP contribution is -2.14. The molecule has 0 bridgehead atoms. The van der Waals surface area contributed by atoms with Gasteiger partial charge >= 0.3 is 0 Å². The average molecular weight is 220 g/mol. The summed E-state index contributed by atoms with van der Waals surface area (Å²) in [6.07, 6.45) is 8.42. The zero-order valence-electron chi connectivity index (χ0n) is 10.2. The molecule has 88 valence electrons. The van der Waals surface area contributed by atoms with Crippen LogP contribution in [0.5, 0.6) is 0 Å². The zero-order chi connectivity index (χ0) is 12.0. The minimum Gasteiger partial charge on any atom is -0.290 e. The standard InChI is InChI=1S/C14H20O2/c1-3-5-7-11-12(8-6-4-2)14(16)10-9-13(11)15/h9-10H,3-8H2,1-2H3. The number of hydrogen-bond donors (Lipinski definition) is 0. The number of unbranched alkanes of at least 4 members (excludes halogenated alkanes) is 2. The maximum absolute atomic E-state index is 11.7. The normalized spacial score (nSPS) is 16.1. The van der Waals surface area contributed by atoms with Crippen LogP contribution < -0.4 is 0 Å². The Morgan fingerprint density at radius 2 is 1.19 bits per heavy atom. The molecule has 2 nitrogen and oxygen atoms in total. The Hall–Kier alpha value is -1.18. The van der Waals surface area contributed by atoms with E-state index in [4.69, 9.17) is 0 Å². The SMILES string of the molecule is CCCCC1=C(CCCC)C(=O)C=CC1=O. The van der Waals surface area contributed by atoms with Gasteiger partial charge in [-0.3, -0.25) is 9.59 Å². The molecule has 0 saturated heterocycles. The first-order chi connectivity index (χ1) is 7.70. The summed E-state index contributed by atoms with van der Waals surface area (Å²) in [6.45, 7) is 4.19. The molecule has 0 amide bonds. The fraction of sp³-hybridized carbons (Fsp3) is 0.571. The molecule has 2 heteroatoms. The van der Waals surface area contributed by atoms with Gasteiger partial charge in [0.25, 0.3) is 0 Å². The molecule has 0 heterocycles. The molecule has 0 atom stereocenters. The Morgan fingerprint density at radius 1 is 0.812 bits per heavy atom. The topological polar surface area (TPSA) is 34.1 Å².